The van der Waals surface area contributed by atoms with Gasteiger partial charge in [0.1, 0.15) is 0 Å². The molecule has 0 unspecified atom stereocenters. The Labute approximate surface area is 172 Å². The minimum Gasteiger partial charge on any atom is -0.441 e. The van der Waals surface area contributed by atoms with Gasteiger partial charge in [0, 0.05) is 28.8 Å². The van der Waals surface area contributed by atoms with Gasteiger partial charge in [0.15, 0.2) is 17.5 Å². The van der Waals surface area contributed by atoms with Crippen LogP contribution in [0.3, 0.4) is 0 Å². The molecule has 1 N–H and O–H groups in total. The van der Waals surface area contributed by atoms with Crippen molar-refractivity contribution in [2.75, 3.05) is 0 Å². The van der Waals surface area contributed by atoms with Crippen molar-refractivity contribution in [1.82, 2.24) is 20.4 Å². The molecule has 9 heteroatoms. The average molecular weight is 423 g/mol. The fourth-order valence-corrected chi connectivity index (χ4v) is 2.86. The molecule has 28 heavy (non-hydrogen) atoms. The first-order valence-corrected chi connectivity index (χ1v) is 9.48. The third-order valence-corrected chi connectivity index (χ3v) is 4.42. The summed E-state index contributed by atoms with van der Waals surface area (Å²) in [4.78, 5) is 20.5. The first-order valence-electron chi connectivity index (χ1n) is 8.72. The maximum absolute atomic E-state index is 12.1. The van der Waals surface area contributed by atoms with E-state index >= 15 is 0 Å². The lowest BCUT2D eigenvalue weighted by atomic mass is 9.97. The van der Waals surface area contributed by atoms with Crippen molar-refractivity contribution in [1.29, 1.82) is 0 Å². The Kier molecular flexibility index (Phi) is 6.05. The SMILES string of the molecule is CC(C)(C)c1nc(CNC(=O)CCc2ncc(-c3ccc(Cl)cc3Cl)o2)no1. The maximum atomic E-state index is 12.1. The Balaban J connectivity index is 1.51. The number of aromatic nitrogens is 3. The Bertz CT molecular complexity index is 976. The van der Waals surface area contributed by atoms with Crippen molar-refractivity contribution in [3.63, 3.8) is 0 Å². The van der Waals surface area contributed by atoms with Crippen LogP contribution in [0.1, 0.15) is 44.8 Å². The number of nitrogens with one attached hydrogen (secondary N) is 1. The van der Waals surface area contributed by atoms with Gasteiger partial charge < -0.3 is 14.3 Å². The van der Waals surface area contributed by atoms with Gasteiger partial charge in [-0.15, -0.1) is 0 Å². The number of benzene rings is 1. The van der Waals surface area contributed by atoms with Gasteiger partial charge in [-0.25, -0.2) is 4.98 Å². The monoisotopic (exact) mass is 422 g/mol. The molecular weight excluding hydrogens is 403 g/mol. The van der Waals surface area contributed by atoms with Crippen LogP contribution in [-0.2, 0) is 23.2 Å². The van der Waals surface area contributed by atoms with E-state index in [9.17, 15) is 4.79 Å². The lowest BCUT2D eigenvalue weighted by molar-refractivity contribution is -0.121. The van der Waals surface area contributed by atoms with Crippen LogP contribution < -0.4 is 5.32 Å². The molecule has 7 nitrogen and oxygen atoms in total. The average Bonchev–Trinajstić information content (AvgIpc) is 3.27. The van der Waals surface area contributed by atoms with Crippen LogP contribution in [0.25, 0.3) is 11.3 Å². The summed E-state index contributed by atoms with van der Waals surface area (Å²) in [6.45, 7) is 6.13. The standard InChI is InChI=1S/C19H20Cl2N4O3/c1-19(2,3)18-24-15(25-28-18)10-22-16(26)6-7-17-23-9-14(27-17)12-5-4-11(20)8-13(12)21/h4-5,8-9H,6-7,10H2,1-3H3,(H,22,26). The molecule has 0 saturated carbocycles. The molecule has 0 atom stereocenters. The van der Waals surface area contributed by atoms with E-state index in [4.69, 9.17) is 32.1 Å². The maximum Gasteiger partial charge on any atom is 0.232 e. The van der Waals surface area contributed by atoms with Crippen LogP contribution >= 0.6 is 23.2 Å². The molecule has 148 valence electrons. The fraction of sp³-hybridized carbons (Fsp3) is 0.368. The number of halogens is 2. The zero-order valence-electron chi connectivity index (χ0n) is 15.8. The molecule has 1 amide bonds. The third kappa shape index (κ3) is 5.11. The highest BCUT2D eigenvalue weighted by Crippen LogP contribution is 2.30. The molecule has 0 saturated heterocycles. The highest BCUT2D eigenvalue weighted by molar-refractivity contribution is 6.36. The van der Waals surface area contributed by atoms with E-state index in [1.807, 2.05) is 20.8 Å². The van der Waals surface area contributed by atoms with Crippen molar-refractivity contribution in [2.24, 2.45) is 0 Å². The van der Waals surface area contributed by atoms with Crippen molar-refractivity contribution >= 4 is 29.1 Å². The van der Waals surface area contributed by atoms with E-state index in [-0.39, 0.29) is 24.3 Å². The van der Waals surface area contributed by atoms with Crippen LogP contribution in [0.2, 0.25) is 10.0 Å². The van der Waals surface area contributed by atoms with Crippen LogP contribution in [0, 0.1) is 0 Å². The zero-order chi connectivity index (χ0) is 20.3. The summed E-state index contributed by atoms with van der Waals surface area (Å²) < 4.78 is 10.9. The van der Waals surface area contributed by atoms with Crippen molar-refractivity contribution in [3.8, 4) is 11.3 Å². The number of nitrogens with zero attached hydrogens (tertiary/aromatic N) is 3. The van der Waals surface area contributed by atoms with Gasteiger partial charge in [0.2, 0.25) is 11.8 Å². The summed E-state index contributed by atoms with van der Waals surface area (Å²) in [7, 11) is 0. The third-order valence-electron chi connectivity index (χ3n) is 3.87. The Morgan fingerprint density at radius 1 is 1.25 bits per heavy atom. The largest absolute Gasteiger partial charge is 0.441 e. The van der Waals surface area contributed by atoms with E-state index in [1.165, 1.54) is 0 Å². The Morgan fingerprint density at radius 3 is 2.71 bits per heavy atom. The molecule has 1 aromatic carbocycles. The van der Waals surface area contributed by atoms with Gasteiger partial charge in [-0.1, -0.05) is 49.1 Å². The van der Waals surface area contributed by atoms with Gasteiger partial charge in [0.05, 0.1) is 17.8 Å². The summed E-state index contributed by atoms with van der Waals surface area (Å²) >= 11 is 12.1. The number of oxazole rings is 1. The molecule has 2 heterocycles. The molecule has 0 radical (unpaired) electrons. The Hall–Kier alpha value is -2.38. The molecule has 0 aliphatic rings. The summed E-state index contributed by atoms with van der Waals surface area (Å²) in [6, 6.07) is 5.12. The highest BCUT2D eigenvalue weighted by Gasteiger charge is 2.21. The summed E-state index contributed by atoms with van der Waals surface area (Å²) in [5.41, 5.74) is 0.464. The number of amides is 1. The first kappa shape index (κ1) is 20.4. The second kappa shape index (κ2) is 8.32. The van der Waals surface area contributed by atoms with Crippen molar-refractivity contribution in [3.05, 3.63) is 52.0 Å². The van der Waals surface area contributed by atoms with E-state index in [0.29, 0.717) is 45.4 Å². The Morgan fingerprint density at radius 2 is 2.04 bits per heavy atom. The molecule has 0 spiro atoms. The zero-order valence-corrected chi connectivity index (χ0v) is 17.3. The van der Waals surface area contributed by atoms with Gasteiger partial charge in [-0.3, -0.25) is 4.79 Å². The lowest BCUT2D eigenvalue weighted by Gasteiger charge is -2.10. The molecule has 0 bridgehead atoms. The molecular formula is C19H20Cl2N4O3. The number of carbonyl (C=O) groups is 1. The topological polar surface area (TPSA) is 94.1 Å². The second-order valence-electron chi connectivity index (χ2n) is 7.28. The van der Waals surface area contributed by atoms with E-state index in [2.05, 4.69) is 20.4 Å². The number of carbonyl (C=O) groups excluding carboxylic acids is 1. The predicted octanol–water partition coefficient (Wildman–Crippen LogP) is 4.58. The molecule has 2 aromatic heterocycles. The summed E-state index contributed by atoms with van der Waals surface area (Å²) in [5.74, 6) is 1.79. The van der Waals surface area contributed by atoms with Crippen LogP contribution in [0.4, 0.5) is 0 Å². The highest BCUT2D eigenvalue weighted by atomic mass is 35.5. The second-order valence-corrected chi connectivity index (χ2v) is 8.13. The normalized spacial score (nSPS) is 11.6. The van der Waals surface area contributed by atoms with Crippen molar-refractivity contribution in [2.45, 2.75) is 45.6 Å². The quantitative estimate of drug-likeness (QED) is 0.624. The summed E-state index contributed by atoms with van der Waals surface area (Å²) in [5, 5.41) is 7.65. The number of aryl methyl sites for hydroxylation is 1. The van der Waals surface area contributed by atoms with E-state index in [1.54, 1.807) is 24.4 Å². The van der Waals surface area contributed by atoms with Crippen LogP contribution in [-0.4, -0.2) is 21.0 Å². The van der Waals surface area contributed by atoms with Gasteiger partial charge in [-0.2, -0.15) is 4.98 Å². The smallest absolute Gasteiger partial charge is 0.232 e. The molecule has 0 aliphatic carbocycles. The van der Waals surface area contributed by atoms with E-state index in [0.717, 1.165) is 0 Å². The number of rotatable bonds is 6. The fourth-order valence-electron chi connectivity index (χ4n) is 2.36. The molecule has 3 rings (SSSR count). The minimum atomic E-state index is -0.231. The van der Waals surface area contributed by atoms with Crippen LogP contribution in [0.15, 0.2) is 33.3 Å². The first-order chi connectivity index (χ1) is 13.2. The van der Waals surface area contributed by atoms with Gasteiger partial charge in [0.25, 0.3) is 0 Å². The predicted molar refractivity (Wildman–Crippen MR) is 105 cm³/mol. The van der Waals surface area contributed by atoms with Crippen LogP contribution in [0.5, 0.6) is 0 Å². The van der Waals surface area contributed by atoms with Crippen molar-refractivity contribution < 1.29 is 13.7 Å². The molecule has 3 aromatic rings. The molecule has 0 fully saturated rings. The summed E-state index contributed by atoms with van der Waals surface area (Å²) in [6.07, 6.45) is 2.16. The van der Waals surface area contributed by atoms with Gasteiger partial charge in [-0.05, 0) is 18.2 Å². The molecule has 0 aliphatic heterocycles. The van der Waals surface area contributed by atoms with Gasteiger partial charge >= 0.3 is 0 Å². The van der Waals surface area contributed by atoms with E-state index < -0.39 is 0 Å². The lowest BCUT2D eigenvalue weighted by Crippen LogP contribution is -2.23. The number of hydrogen-bond acceptors (Lipinski definition) is 6. The number of hydrogen-bond donors (Lipinski definition) is 1. The minimum absolute atomic E-state index is 0.161.